The standard InChI is InChI=1S/C13H9N7OS/c1-2-9(6-14-3-1)12-19-20-10(17-18-13(20)22-12)8-21-11-7-15-4-5-16-11/h1-7H,8H2. The fourth-order valence-electron chi connectivity index (χ4n) is 1.85. The molecule has 0 saturated heterocycles. The Kier molecular flexibility index (Phi) is 3.16. The molecule has 0 spiro atoms. The molecular formula is C13H9N7OS. The molecule has 0 aromatic carbocycles. The molecule has 4 heterocycles. The van der Waals surface area contributed by atoms with Gasteiger partial charge in [-0.15, -0.1) is 10.2 Å². The zero-order chi connectivity index (χ0) is 14.8. The Balaban J connectivity index is 1.61. The number of nitrogens with zero attached hydrogens (tertiary/aromatic N) is 7. The van der Waals surface area contributed by atoms with Crippen molar-refractivity contribution in [2.24, 2.45) is 0 Å². The smallest absolute Gasteiger partial charge is 0.235 e. The maximum atomic E-state index is 5.53. The molecule has 9 heteroatoms. The largest absolute Gasteiger partial charge is 0.468 e. The molecular weight excluding hydrogens is 302 g/mol. The second kappa shape index (κ2) is 5.45. The number of rotatable bonds is 4. The highest BCUT2D eigenvalue weighted by atomic mass is 32.1. The van der Waals surface area contributed by atoms with Crippen molar-refractivity contribution in [1.29, 1.82) is 0 Å². The topological polar surface area (TPSA) is 91.0 Å². The van der Waals surface area contributed by atoms with Gasteiger partial charge in [-0.3, -0.25) is 9.97 Å². The lowest BCUT2D eigenvalue weighted by Gasteiger charge is -2.01. The molecule has 4 aromatic rings. The van der Waals surface area contributed by atoms with Crippen molar-refractivity contribution >= 4 is 16.3 Å². The van der Waals surface area contributed by atoms with Crippen molar-refractivity contribution in [3.8, 4) is 16.5 Å². The molecule has 108 valence electrons. The van der Waals surface area contributed by atoms with Gasteiger partial charge in [-0.1, -0.05) is 11.3 Å². The Morgan fingerprint density at radius 3 is 2.86 bits per heavy atom. The highest BCUT2D eigenvalue weighted by Crippen LogP contribution is 2.24. The summed E-state index contributed by atoms with van der Waals surface area (Å²) in [6, 6.07) is 3.82. The molecule has 22 heavy (non-hydrogen) atoms. The van der Waals surface area contributed by atoms with Gasteiger partial charge >= 0.3 is 0 Å². The van der Waals surface area contributed by atoms with Crippen LogP contribution in [-0.4, -0.2) is 34.8 Å². The Morgan fingerprint density at radius 2 is 2.05 bits per heavy atom. The van der Waals surface area contributed by atoms with E-state index in [1.807, 2.05) is 12.1 Å². The van der Waals surface area contributed by atoms with E-state index < -0.39 is 0 Å². The first-order valence-corrected chi connectivity index (χ1v) is 7.22. The van der Waals surface area contributed by atoms with E-state index in [0.29, 0.717) is 16.7 Å². The van der Waals surface area contributed by atoms with Crippen molar-refractivity contribution in [2.45, 2.75) is 6.61 Å². The molecule has 0 aliphatic heterocycles. The van der Waals surface area contributed by atoms with Gasteiger partial charge in [0.05, 0.1) is 6.20 Å². The van der Waals surface area contributed by atoms with Crippen molar-refractivity contribution in [2.75, 3.05) is 0 Å². The molecule has 8 nitrogen and oxygen atoms in total. The predicted molar refractivity (Wildman–Crippen MR) is 78.3 cm³/mol. The van der Waals surface area contributed by atoms with E-state index in [0.717, 1.165) is 10.6 Å². The van der Waals surface area contributed by atoms with Crippen LogP contribution in [0.2, 0.25) is 0 Å². The molecule has 0 aliphatic carbocycles. The minimum absolute atomic E-state index is 0.218. The molecule has 0 fully saturated rings. The van der Waals surface area contributed by atoms with Crippen molar-refractivity contribution in [3.63, 3.8) is 0 Å². The van der Waals surface area contributed by atoms with Gasteiger partial charge in [-0.05, 0) is 12.1 Å². The first-order valence-electron chi connectivity index (χ1n) is 6.40. The monoisotopic (exact) mass is 311 g/mol. The Morgan fingerprint density at radius 1 is 1.09 bits per heavy atom. The van der Waals surface area contributed by atoms with Gasteiger partial charge in [-0.25, -0.2) is 4.98 Å². The van der Waals surface area contributed by atoms with Crippen LogP contribution in [0.3, 0.4) is 0 Å². The average Bonchev–Trinajstić information content (AvgIpc) is 3.16. The van der Waals surface area contributed by atoms with Crippen molar-refractivity contribution in [3.05, 3.63) is 48.9 Å². The Bertz CT molecular complexity index is 891. The molecule has 0 radical (unpaired) electrons. The number of fused-ring (bicyclic) bond motifs is 1. The minimum Gasteiger partial charge on any atom is -0.468 e. The molecule has 0 atom stereocenters. The third-order valence-electron chi connectivity index (χ3n) is 2.85. The first kappa shape index (κ1) is 12.8. The van der Waals surface area contributed by atoms with Crippen LogP contribution in [0.1, 0.15) is 5.82 Å². The summed E-state index contributed by atoms with van der Waals surface area (Å²) in [6.45, 7) is 0.218. The van der Waals surface area contributed by atoms with Crippen LogP contribution in [0.5, 0.6) is 5.88 Å². The SMILES string of the molecule is c1cncc(-c2nn3c(COc4cnccn4)nnc3s2)c1. The third kappa shape index (κ3) is 2.37. The third-order valence-corrected chi connectivity index (χ3v) is 3.80. The lowest BCUT2D eigenvalue weighted by molar-refractivity contribution is 0.280. The molecule has 0 saturated carbocycles. The molecule has 0 bridgehead atoms. The lowest BCUT2D eigenvalue weighted by Crippen LogP contribution is -2.03. The highest BCUT2D eigenvalue weighted by Gasteiger charge is 2.13. The average molecular weight is 311 g/mol. The summed E-state index contributed by atoms with van der Waals surface area (Å²) < 4.78 is 7.20. The zero-order valence-corrected chi connectivity index (χ0v) is 12.0. The van der Waals surface area contributed by atoms with Gasteiger partial charge in [0, 0.05) is 30.4 Å². The van der Waals surface area contributed by atoms with Crippen LogP contribution in [0, 0.1) is 0 Å². The summed E-state index contributed by atoms with van der Waals surface area (Å²) >= 11 is 1.45. The molecule has 0 aliphatic rings. The van der Waals surface area contributed by atoms with Gasteiger partial charge in [0.2, 0.25) is 10.8 Å². The predicted octanol–water partition coefficient (Wildman–Crippen LogP) is 1.62. The summed E-state index contributed by atoms with van der Waals surface area (Å²) in [5.74, 6) is 1.04. The molecule has 4 rings (SSSR count). The van der Waals surface area contributed by atoms with Gasteiger partial charge in [0.25, 0.3) is 0 Å². The Hall–Kier alpha value is -2.94. The minimum atomic E-state index is 0.218. The summed E-state index contributed by atoms with van der Waals surface area (Å²) in [4.78, 5) is 12.8. The number of pyridine rings is 1. The quantitative estimate of drug-likeness (QED) is 0.565. The summed E-state index contributed by atoms with van der Waals surface area (Å²) in [5, 5.41) is 13.5. The Labute approximate surface area is 128 Å². The van der Waals surface area contributed by atoms with Crippen molar-refractivity contribution in [1.82, 2.24) is 34.8 Å². The fourth-order valence-corrected chi connectivity index (χ4v) is 2.70. The van der Waals surface area contributed by atoms with Crippen LogP contribution < -0.4 is 4.74 Å². The van der Waals surface area contributed by atoms with Crippen molar-refractivity contribution < 1.29 is 4.74 Å². The van der Waals surface area contributed by atoms with E-state index in [2.05, 4.69) is 30.2 Å². The van der Waals surface area contributed by atoms with Gasteiger partial charge in [0.1, 0.15) is 5.01 Å². The van der Waals surface area contributed by atoms with E-state index in [9.17, 15) is 0 Å². The number of hydrogen-bond acceptors (Lipinski definition) is 8. The summed E-state index contributed by atoms with van der Waals surface area (Å²) in [7, 11) is 0. The van der Waals surface area contributed by atoms with Crippen LogP contribution in [-0.2, 0) is 6.61 Å². The molecule has 0 unspecified atom stereocenters. The van der Waals surface area contributed by atoms with Crippen LogP contribution in [0.15, 0.2) is 43.1 Å². The van der Waals surface area contributed by atoms with E-state index in [1.54, 1.807) is 35.5 Å². The fraction of sp³-hybridized carbons (Fsp3) is 0.0769. The van der Waals surface area contributed by atoms with Gasteiger partial charge in [-0.2, -0.15) is 9.61 Å². The molecule has 4 aromatic heterocycles. The van der Waals surface area contributed by atoms with Gasteiger partial charge in [0.15, 0.2) is 12.4 Å². The zero-order valence-electron chi connectivity index (χ0n) is 11.2. The van der Waals surface area contributed by atoms with E-state index >= 15 is 0 Å². The molecule has 0 amide bonds. The van der Waals surface area contributed by atoms with Crippen LogP contribution in [0.4, 0.5) is 0 Å². The second-order valence-corrected chi connectivity index (χ2v) is 5.25. The normalized spacial score (nSPS) is 10.9. The van der Waals surface area contributed by atoms with Crippen LogP contribution >= 0.6 is 11.3 Å². The van der Waals surface area contributed by atoms with E-state index in [1.165, 1.54) is 11.3 Å². The highest BCUT2D eigenvalue weighted by molar-refractivity contribution is 7.19. The summed E-state index contributed by atoms with van der Waals surface area (Å²) in [5.41, 5.74) is 0.943. The number of aromatic nitrogens is 7. The maximum Gasteiger partial charge on any atom is 0.235 e. The lowest BCUT2D eigenvalue weighted by atomic mass is 10.3. The van der Waals surface area contributed by atoms with E-state index in [4.69, 9.17) is 4.74 Å². The number of hydrogen-bond donors (Lipinski definition) is 0. The first-order chi connectivity index (χ1) is 10.9. The summed E-state index contributed by atoms with van der Waals surface area (Å²) in [6.07, 6.45) is 8.19. The second-order valence-electron chi connectivity index (χ2n) is 4.29. The van der Waals surface area contributed by atoms with Gasteiger partial charge < -0.3 is 4.74 Å². The molecule has 0 N–H and O–H groups in total. The van der Waals surface area contributed by atoms with E-state index in [-0.39, 0.29) is 6.61 Å². The number of ether oxygens (including phenoxy) is 1. The van der Waals surface area contributed by atoms with Crippen LogP contribution in [0.25, 0.3) is 15.5 Å². The maximum absolute atomic E-state index is 5.53.